The summed E-state index contributed by atoms with van der Waals surface area (Å²) in [4.78, 5) is 21.8. The highest BCUT2D eigenvalue weighted by Gasteiger charge is 1.99. The van der Waals surface area contributed by atoms with Crippen LogP contribution >= 0.6 is 0 Å². The molecule has 0 aliphatic rings. The van der Waals surface area contributed by atoms with Crippen molar-refractivity contribution in [1.29, 1.82) is 0 Å². The Kier molecular flexibility index (Phi) is 7.82. The highest BCUT2D eigenvalue weighted by molar-refractivity contribution is 5.94. The summed E-state index contributed by atoms with van der Waals surface area (Å²) in [5, 5.41) is 0. The molecule has 0 aromatic heterocycles. The molecule has 1 rings (SSSR count). The number of hydrogen-bond donors (Lipinski definition) is 0. The van der Waals surface area contributed by atoms with Crippen LogP contribution in [0.4, 0.5) is 0 Å². The van der Waals surface area contributed by atoms with E-state index >= 15 is 0 Å². The van der Waals surface area contributed by atoms with Crippen LogP contribution < -0.4 is 4.74 Å². The molecule has 0 atom stereocenters. The van der Waals surface area contributed by atoms with Crippen LogP contribution in [-0.2, 0) is 14.3 Å². The van der Waals surface area contributed by atoms with Crippen molar-refractivity contribution in [2.24, 2.45) is 0 Å². The standard InChI is InChI=1S/C16H20O5/c1-3-16(18)21-12-11-19-9-4-10-20-15-7-5-14(6-8-15)13(2)17/h3,5-8H,1,4,9-12H2,2H3. The SMILES string of the molecule is C=CC(=O)OCCOCCCOc1ccc(C(C)=O)cc1. The largest absolute Gasteiger partial charge is 0.494 e. The van der Waals surface area contributed by atoms with Crippen molar-refractivity contribution in [3.63, 3.8) is 0 Å². The molecular formula is C16H20O5. The van der Waals surface area contributed by atoms with Gasteiger partial charge in [-0.25, -0.2) is 4.79 Å². The van der Waals surface area contributed by atoms with Gasteiger partial charge in [-0.15, -0.1) is 0 Å². The van der Waals surface area contributed by atoms with E-state index in [9.17, 15) is 9.59 Å². The molecule has 114 valence electrons. The number of ether oxygens (including phenoxy) is 3. The Morgan fingerprint density at radius 1 is 1.10 bits per heavy atom. The number of Topliss-reactive ketones (excluding diaryl/α,β-unsaturated/α-hetero) is 1. The molecule has 0 aliphatic heterocycles. The Hall–Kier alpha value is -2.14. The van der Waals surface area contributed by atoms with Gasteiger partial charge in [0.25, 0.3) is 0 Å². The maximum absolute atomic E-state index is 11.1. The van der Waals surface area contributed by atoms with E-state index < -0.39 is 5.97 Å². The van der Waals surface area contributed by atoms with Crippen LogP contribution in [0, 0.1) is 0 Å². The molecule has 1 aromatic rings. The summed E-state index contributed by atoms with van der Waals surface area (Å²) in [6.07, 6.45) is 1.84. The molecule has 0 saturated heterocycles. The molecule has 5 heteroatoms. The lowest BCUT2D eigenvalue weighted by atomic mass is 10.1. The Bertz CT molecular complexity index is 464. The molecule has 0 heterocycles. The second-order valence-corrected chi connectivity index (χ2v) is 4.27. The summed E-state index contributed by atoms with van der Waals surface area (Å²) >= 11 is 0. The number of hydrogen-bond acceptors (Lipinski definition) is 5. The van der Waals surface area contributed by atoms with E-state index in [2.05, 4.69) is 6.58 Å². The van der Waals surface area contributed by atoms with Gasteiger partial charge in [0.05, 0.1) is 13.2 Å². The Balaban J connectivity index is 2.05. The van der Waals surface area contributed by atoms with E-state index in [4.69, 9.17) is 14.2 Å². The minimum Gasteiger partial charge on any atom is -0.494 e. The van der Waals surface area contributed by atoms with E-state index in [0.29, 0.717) is 25.4 Å². The second kappa shape index (κ2) is 9.72. The van der Waals surface area contributed by atoms with Gasteiger partial charge in [0.1, 0.15) is 12.4 Å². The molecular weight excluding hydrogens is 272 g/mol. The highest BCUT2D eigenvalue weighted by Crippen LogP contribution is 2.12. The van der Waals surface area contributed by atoms with Gasteiger partial charge in [0, 0.05) is 24.7 Å². The van der Waals surface area contributed by atoms with Gasteiger partial charge in [-0.3, -0.25) is 4.79 Å². The van der Waals surface area contributed by atoms with Crippen LogP contribution in [0.5, 0.6) is 5.75 Å². The lowest BCUT2D eigenvalue weighted by molar-refractivity contribution is -0.139. The number of ketones is 1. The van der Waals surface area contributed by atoms with Crippen molar-refractivity contribution < 1.29 is 23.8 Å². The number of rotatable bonds is 10. The third-order valence-electron chi connectivity index (χ3n) is 2.60. The van der Waals surface area contributed by atoms with E-state index in [1.807, 2.05) is 0 Å². The molecule has 0 aliphatic carbocycles. The average molecular weight is 292 g/mol. The predicted octanol–water partition coefficient (Wildman–Crippen LogP) is 2.40. The van der Waals surface area contributed by atoms with Gasteiger partial charge >= 0.3 is 5.97 Å². The van der Waals surface area contributed by atoms with Crippen molar-refractivity contribution in [1.82, 2.24) is 0 Å². The number of benzene rings is 1. The normalized spacial score (nSPS) is 9.95. The zero-order chi connectivity index (χ0) is 15.5. The van der Waals surface area contributed by atoms with E-state index in [-0.39, 0.29) is 12.4 Å². The van der Waals surface area contributed by atoms with Crippen LogP contribution in [0.25, 0.3) is 0 Å². The van der Waals surface area contributed by atoms with Crippen molar-refractivity contribution in [3.05, 3.63) is 42.5 Å². The lowest BCUT2D eigenvalue weighted by Gasteiger charge is -2.07. The molecule has 21 heavy (non-hydrogen) atoms. The first kappa shape index (κ1) is 16.9. The number of carbonyl (C=O) groups excluding carboxylic acids is 2. The molecule has 0 radical (unpaired) electrons. The summed E-state index contributed by atoms with van der Waals surface area (Å²) in [5.74, 6) is 0.308. The maximum Gasteiger partial charge on any atom is 0.330 e. The molecule has 0 amide bonds. The first-order chi connectivity index (χ1) is 10.1. The van der Waals surface area contributed by atoms with Gasteiger partial charge < -0.3 is 14.2 Å². The monoisotopic (exact) mass is 292 g/mol. The first-order valence-electron chi connectivity index (χ1n) is 6.74. The molecule has 0 fully saturated rings. The second-order valence-electron chi connectivity index (χ2n) is 4.27. The van der Waals surface area contributed by atoms with Crippen molar-refractivity contribution in [2.75, 3.05) is 26.4 Å². The third kappa shape index (κ3) is 7.27. The summed E-state index contributed by atoms with van der Waals surface area (Å²) in [6.45, 7) is 6.44. The molecule has 1 aromatic carbocycles. The fraction of sp³-hybridized carbons (Fsp3) is 0.375. The van der Waals surface area contributed by atoms with Crippen molar-refractivity contribution in [2.45, 2.75) is 13.3 Å². The van der Waals surface area contributed by atoms with Crippen LogP contribution in [0.15, 0.2) is 36.9 Å². The van der Waals surface area contributed by atoms with Crippen LogP contribution in [-0.4, -0.2) is 38.2 Å². The summed E-state index contributed by atoms with van der Waals surface area (Å²) in [7, 11) is 0. The third-order valence-corrected chi connectivity index (χ3v) is 2.60. The van der Waals surface area contributed by atoms with Crippen LogP contribution in [0.3, 0.4) is 0 Å². The number of carbonyl (C=O) groups is 2. The van der Waals surface area contributed by atoms with Gasteiger partial charge in [0.2, 0.25) is 0 Å². The van der Waals surface area contributed by atoms with Gasteiger partial charge in [-0.1, -0.05) is 6.58 Å². The van der Waals surface area contributed by atoms with E-state index in [0.717, 1.165) is 18.2 Å². The van der Waals surface area contributed by atoms with Gasteiger partial charge in [-0.05, 0) is 31.2 Å². The topological polar surface area (TPSA) is 61.8 Å². The smallest absolute Gasteiger partial charge is 0.330 e. The molecule has 0 spiro atoms. The quantitative estimate of drug-likeness (QED) is 0.287. The summed E-state index contributed by atoms with van der Waals surface area (Å²) in [6, 6.07) is 7.02. The molecule has 0 bridgehead atoms. The fourth-order valence-electron chi connectivity index (χ4n) is 1.50. The molecule has 0 unspecified atom stereocenters. The van der Waals surface area contributed by atoms with Gasteiger partial charge in [-0.2, -0.15) is 0 Å². The minimum atomic E-state index is -0.448. The minimum absolute atomic E-state index is 0.0344. The Morgan fingerprint density at radius 3 is 2.43 bits per heavy atom. The van der Waals surface area contributed by atoms with Crippen LogP contribution in [0.2, 0.25) is 0 Å². The zero-order valence-electron chi connectivity index (χ0n) is 12.2. The number of esters is 1. The van der Waals surface area contributed by atoms with Crippen molar-refractivity contribution in [3.8, 4) is 5.75 Å². The first-order valence-corrected chi connectivity index (χ1v) is 6.74. The molecule has 5 nitrogen and oxygen atoms in total. The molecule has 0 saturated carbocycles. The molecule has 0 N–H and O–H groups in total. The summed E-state index contributed by atoms with van der Waals surface area (Å²) < 4.78 is 15.6. The zero-order valence-corrected chi connectivity index (χ0v) is 12.2. The highest BCUT2D eigenvalue weighted by atomic mass is 16.6. The van der Waals surface area contributed by atoms with Crippen LogP contribution in [0.1, 0.15) is 23.7 Å². The fourth-order valence-corrected chi connectivity index (χ4v) is 1.50. The Morgan fingerprint density at radius 2 is 1.81 bits per heavy atom. The maximum atomic E-state index is 11.1. The Labute approximate surface area is 124 Å². The lowest BCUT2D eigenvalue weighted by Crippen LogP contribution is -2.10. The predicted molar refractivity (Wildman–Crippen MR) is 78.5 cm³/mol. The average Bonchev–Trinajstić information content (AvgIpc) is 2.50. The van der Waals surface area contributed by atoms with E-state index in [1.165, 1.54) is 6.92 Å². The van der Waals surface area contributed by atoms with Gasteiger partial charge in [0.15, 0.2) is 5.78 Å². The van der Waals surface area contributed by atoms with Crippen molar-refractivity contribution >= 4 is 11.8 Å². The summed E-state index contributed by atoms with van der Waals surface area (Å²) in [5.41, 5.74) is 0.666. The van der Waals surface area contributed by atoms with E-state index in [1.54, 1.807) is 24.3 Å².